The van der Waals surface area contributed by atoms with Gasteiger partial charge in [-0.2, -0.15) is 0 Å². The second-order valence-electron chi connectivity index (χ2n) is 1.41. The molecule has 1 aliphatic rings. The van der Waals surface area contributed by atoms with E-state index in [0.717, 1.165) is 12.8 Å². The molecular weight excluding hydrogens is 199 g/mol. The minimum Gasteiger partial charge on any atom is -0.0981 e. The predicted molar refractivity (Wildman–Crippen MR) is 39.1 cm³/mol. The lowest BCUT2D eigenvalue weighted by molar-refractivity contribution is 1.07. The van der Waals surface area contributed by atoms with Crippen LogP contribution >= 0.6 is 22.6 Å². The van der Waals surface area contributed by atoms with Gasteiger partial charge in [-0.05, 0) is 38.7 Å². The van der Waals surface area contributed by atoms with Crippen LogP contribution in [0.15, 0.2) is 9.66 Å². The van der Waals surface area contributed by atoms with Gasteiger partial charge in [-0.15, -0.1) is 0 Å². The first-order chi connectivity index (χ1) is 3.39. The van der Waals surface area contributed by atoms with Crippen LogP contribution < -0.4 is 0 Å². The Bertz CT molecular complexity index is 145. The first-order valence-electron chi connectivity index (χ1n) is 2.22. The second-order valence-corrected chi connectivity index (χ2v) is 2.80. The smallest absolute Gasteiger partial charge is 0.0137 e. The highest BCUT2D eigenvalue weighted by Crippen LogP contribution is 2.14. The molecule has 0 saturated carbocycles. The fourth-order valence-electron chi connectivity index (χ4n) is 0.456. The van der Waals surface area contributed by atoms with E-state index in [1.165, 1.54) is 3.58 Å². The molecular formula is C6H5I. The van der Waals surface area contributed by atoms with Gasteiger partial charge in [-0.25, -0.2) is 0 Å². The van der Waals surface area contributed by atoms with E-state index >= 15 is 0 Å². The highest BCUT2D eigenvalue weighted by Gasteiger charge is 1.89. The third-order valence-electron chi connectivity index (χ3n) is 0.820. The maximum absolute atomic E-state index is 2.98. The van der Waals surface area contributed by atoms with Gasteiger partial charge in [0.05, 0.1) is 0 Å². The van der Waals surface area contributed by atoms with Gasteiger partial charge >= 0.3 is 0 Å². The first kappa shape index (κ1) is 5.17. The van der Waals surface area contributed by atoms with Crippen molar-refractivity contribution in [3.63, 3.8) is 0 Å². The van der Waals surface area contributed by atoms with Gasteiger partial charge in [-0.1, -0.05) is 11.8 Å². The normalized spacial score (nSPS) is 17.0. The molecule has 0 unspecified atom stereocenters. The fraction of sp³-hybridized carbons (Fsp3) is 0.333. The van der Waals surface area contributed by atoms with Gasteiger partial charge in [-0.3, -0.25) is 0 Å². The highest BCUT2D eigenvalue weighted by atomic mass is 127. The maximum atomic E-state index is 2.98. The Morgan fingerprint density at radius 2 is 2.57 bits per heavy atom. The standard InChI is InChI=1S/C6H5I/c7-6-4-2-1-3-5-6/h5H,2,4H2. The van der Waals surface area contributed by atoms with E-state index in [1.807, 2.05) is 6.08 Å². The summed E-state index contributed by atoms with van der Waals surface area (Å²) in [5, 5.41) is 0. The van der Waals surface area contributed by atoms with Crippen LogP contribution in [0.2, 0.25) is 0 Å². The van der Waals surface area contributed by atoms with E-state index in [2.05, 4.69) is 34.4 Å². The van der Waals surface area contributed by atoms with Crippen LogP contribution in [0, 0.1) is 11.8 Å². The predicted octanol–water partition coefficient (Wildman–Crippen LogP) is 2.10. The van der Waals surface area contributed by atoms with E-state index in [-0.39, 0.29) is 0 Å². The quantitative estimate of drug-likeness (QED) is 0.418. The van der Waals surface area contributed by atoms with Gasteiger partial charge in [0.1, 0.15) is 0 Å². The monoisotopic (exact) mass is 204 g/mol. The third kappa shape index (κ3) is 1.52. The topological polar surface area (TPSA) is 0 Å². The molecule has 0 bridgehead atoms. The Morgan fingerprint density at radius 3 is 2.86 bits per heavy atom. The minimum absolute atomic E-state index is 1.05. The molecule has 0 fully saturated rings. The van der Waals surface area contributed by atoms with Crippen molar-refractivity contribution in [3.05, 3.63) is 9.66 Å². The lowest BCUT2D eigenvalue weighted by Crippen LogP contribution is -1.75. The van der Waals surface area contributed by atoms with Crippen LogP contribution in [0.25, 0.3) is 0 Å². The third-order valence-corrected chi connectivity index (χ3v) is 1.67. The van der Waals surface area contributed by atoms with E-state index in [1.54, 1.807) is 0 Å². The van der Waals surface area contributed by atoms with Crippen molar-refractivity contribution in [2.45, 2.75) is 12.8 Å². The van der Waals surface area contributed by atoms with E-state index in [9.17, 15) is 0 Å². The van der Waals surface area contributed by atoms with Gasteiger partial charge in [0.15, 0.2) is 0 Å². The van der Waals surface area contributed by atoms with Crippen molar-refractivity contribution in [3.8, 4) is 11.8 Å². The number of hydrogen-bond acceptors (Lipinski definition) is 0. The number of halogens is 1. The molecule has 0 heterocycles. The summed E-state index contributed by atoms with van der Waals surface area (Å²) >= 11 is 2.32. The summed E-state index contributed by atoms with van der Waals surface area (Å²) in [7, 11) is 0. The molecule has 0 saturated heterocycles. The molecule has 0 nitrogen and oxygen atoms in total. The zero-order chi connectivity index (χ0) is 5.11. The number of hydrogen-bond donors (Lipinski definition) is 0. The summed E-state index contributed by atoms with van der Waals surface area (Å²) in [6.45, 7) is 0. The first-order valence-corrected chi connectivity index (χ1v) is 3.30. The zero-order valence-electron chi connectivity index (χ0n) is 3.87. The Morgan fingerprint density at radius 1 is 1.71 bits per heavy atom. The summed E-state index contributed by atoms with van der Waals surface area (Å²) in [6, 6.07) is 0. The second kappa shape index (κ2) is 2.37. The Balaban J connectivity index is 2.67. The molecule has 0 aromatic heterocycles. The average molecular weight is 204 g/mol. The lowest BCUT2D eigenvalue weighted by atomic mass is 10.2. The molecule has 0 radical (unpaired) electrons. The fourth-order valence-corrected chi connectivity index (χ4v) is 0.881. The van der Waals surface area contributed by atoms with Crippen molar-refractivity contribution in [2.24, 2.45) is 0 Å². The number of allylic oxidation sites excluding steroid dienone is 2. The molecule has 7 heavy (non-hydrogen) atoms. The van der Waals surface area contributed by atoms with Gasteiger partial charge in [0.2, 0.25) is 0 Å². The molecule has 0 spiro atoms. The summed E-state index contributed by atoms with van der Waals surface area (Å²) in [5.41, 5.74) is 0. The van der Waals surface area contributed by atoms with Gasteiger partial charge in [0, 0.05) is 6.42 Å². The molecule has 1 rings (SSSR count). The molecule has 36 valence electrons. The highest BCUT2D eigenvalue weighted by molar-refractivity contribution is 14.1. The molecule has 1 heteroatoms. The largest absolute Gasteiger partial charge is 0.0981 e. The Hall–Kier alpha value is 0.0300. The Kier molecular flexibility index (Phi) is 1.75. The van der Waals surface area contributed by atoms with Crippen molar-refractivity contribution in [1.29, 1.82) is 0 Å². The van der Waals surface area contributed by atoms with Crippen LogP contribution in [0.1, 0.15) is 12.8 Å². The molecule has 1 aliphatic carbocycles. The summed E-state index contributed by atoms with van der Waals surface area (Å²) < 4.78 is 1.39. The molecule has 0 N–H and O–H groups in total. The summed E-state index contributed by atoms with van der Waals surface area (Å²) in [6.07, 6.45) is 4.19. The summed E-state index contributed by atoms with van der Waals surface area (Å²) in [4.78, 5) is 0. The van der Waals surface area contributed by atoms with Crippen LogP contribution in [-0.2, 0) is 0 Å². The van der Waals surface area contributed by atoms with Gasteiger partial charge < -0.3 is 0 Å². The van der Waals surface area contributed by atoms with Crippen LogP contribution in [0.4, 0.5) is 0 Å². The van der Waals surface area contributed by atoms with Crippen molar-refractivity contribution in [1.82, 2.24) is 0 Å². The molecule has 0 aromatic rings. The average Bonchev–Trinajstić information content (AvgIpc) is 1.69. The van der Waals surface area contributed by atoms with Crippen molar-refractivity contribution >= 4 is 22.6 Å². The molecule has 0 aromatic carbocycles. The number of rotatable bonds is 0. The SMILES string of the molecule is IC1=CC#CCC1. The van der Waals surface area contributed by atoms with Crippen molar-refractivity contribution in [2.75, 3.05) is 0 Å². The van der Waals surface area contributed by atoms with E-state index < -0.39 is 0 Å². The lowest BCUT2D eigenvalue weighted by Gasteiger charge is -1.93. The minimum atomic E-state index is 1.05. The van der Waals surface area contributed by atoms with E-state index in [4.69, 9.17) is 0 Å². The zero-order valence-corrected chi connectivity index (χ0v) is 6.03. The van der Waals surface area contributed by atoms with Crippen LogP contribution in [-0.4, -0.2) is 0 Å². The van der Waals surface area contributed by atoms with Crippen LogP contribution in [0.3, 0.4) is 0 Å². The Labute approximate surface area is 57.1 Å². The molecule has 0 atom stereocenters. The maximum Gasteiger partial charge on any atom is 0.0137 e. The summed E-state index contributed by atoms with van der Waals surface area (Å²) in [5.74, 6) is 5.90. The van der Waals surface area contributed by atoms with Gasteiger partial charge in [0.25, 0.3) is 0 Å². The molecule has 0 amide bonds. The van der Waals surface area contributed by atoms with Crippen molar-refractivity contribution < 1.29 is 0 Å². The van der Waals surface area contributed by atoms with Crippen LogP contribution in [0.5, 0.6) is 0 Å². The van der Waals surface area contributed by atoms with E-state index in [0.29, 0.717) is 0 Å². The molecule has 0 aliphatic heterocycles.